The third-order valence-corrected chi connectivity index (χ3v) is 3.45. The van der Waals surface area contributed by atoms with E-state index >= 15 is 0 Å². The lowest BCUT2D eigenvalue weighted by Gasteiger charge is -2.11. The van der Waals surface area contributed by atoms with Crippen molar-refractivity contribution in [1.29, 1.82) is 0 Å². The lowest BCUT2D eigenvalue weighted by atomic mass is 10.1. The van der Waals surface area contributed by atoms with E-state index in [0.717, 1.165) is 12.1 Å². The van der Waals surface area contributed by atoms with Crippen LogP contribution in [0, 0.1) is 6.92 Å². The highest BCUT2D eigenvalue weighted by Crippen LogP contribution is 2.33. The summed E-state index contributed by atoms with van der Waals surface area (Å²) in [6.07, 6.45) is 0. The van der Waals surface area contributed by atoms with Gasteiger partial charge in [-0.1, -0.05) is 35.9 Å². The molecule has 0 radical (unpaired) electrons. The molecule has 2 aromatic carbocycles. The minimum absolute atomic E-state index is 0.134. The first-order chi connectivity index (χ1) is 9.61. The quantitative estimate of drug-likeness (QED) is 0.883. The van der Waals surface area contributed by atoms with E-state index in [1.165, 1.54) is 18.2 Å². The molecule has 0 heterocycles. The number of rotatable bonds is 5. The molecule has 20 heavy (non-hydrogen) atoms. The summed E-state index contributed by atoms with van der Waals surface area (Å²) >= 11 is 6.00. The lowest BCUT2D eigenvalue weighted by molar-refractivity contribution is 0.369. The van der Waals surface area contributed by atoms with Crippen molar-refractivity contribution in [2.75, 3.05) is 7.11 Å². The van der Waals surface area contributed by atoms with Crippen LogP contribution in [0.1, 0.15) is 16.7 Å². The van der Waals surface area contributed by atoms with Gasteiger partial charge in [-0.25, -0.2) is 0 Å². The van der Waals surface area contributed by atoms with Crippen molar-refractivity contribution >= 4 is 11.6 Å². The van der Waals surface area contributed by atoms with E-state index in [1.54, 1.807) is 12.1 Å². The minimum atomic E-state index is 0.134. The second-order valence-corrected chi connectivity index (χ2v) is 5.08. The Morgan fingerprint density at radius 1 is 1.15 bits per heavy atom. The Balaban J connectivity index is 2.05. The Kier molecular flexibility index (Phi) is 4.88. The fourth-order valence-corrected chi connectivity index (χ4v) is 2.29. The molecule has 4 heteroatoms. The molecule has 0 saturated heterocycles. The second-order valence-electron chi connectivity index (χ2n) is 4.65. The van der Waals surface area contributed by atoms with Crippen LogP contribution in [0.25, 0.3) is 0 Å². The number of halogens is 1. The van der Waals surface area contributed by atoms with E-state index in [-0.39, 0.29) is 5.75 Å². The minimum Gasteiger partial charge on any atom is -0.504 e. The zero-order valence-electron chi connectivity index (χ0n) is 11.6. The predicted molar refractivity (Wildman–Crippen MR) is 81.4 cm³/mol. The average molecular weight is 292 g/mol. The van der Waals surface area contributed by atoms with Gasteiger partial charge in [-0.3, -0.25) is 0 Å². The molecule has 0 aliphatic carbocycles. The Hall–Kier alpha value is -1.71. The normalized spacial score (nSPS) is 10.6. The van der Waals surface area contributed by atoms with E-state index in [4.69, 9.17) is 16.3 Å². The van der Waals surface area contributed by atoms with Gasteiger partial charge in [0.05, 0.1) is 7.11 Å². The number of aryl methyl sites for hydroxylation is 1. The highest BCUT2D eigenvalue weighted by atomic mass is 35.5. The summed E-state index contributed by atoms with van der Waals surface area (Å²) in [5.41, 5.74) is 3.21. The molecule has 0 aliphatic heterocycles. The highest BCUT2D eigenvalue weighted by molar-refractivity contribution is 6.30. The number of phenols is 1. The number of phenolic OH excluding ortho intramolecular Hbond substituents is 1. The molecule has 0 unspecified atom stereocenters. The van der Waals surface area contributed by atoms with Gasteiger partial charge in [-0.05, 0) is 24.1 Å². The van der Waals surface area contributed by atoms with Crippen LogP contribution in [0.2, 0.25) is 5.02 Å². The zero-order chi connectivity index (χ0) is 14.5. The van der Waals surface area contributed by atoms with E-state index < -0.39 is 0 Å². The monoisotopic (exact) mass is 291 g/mol. The molecule has 0 atom stereocenters. The largest absolute Gasteiger partial charge is 0.504 e. The highest BCUT2D eigenvalue weighted by Gasteiger charge is 2.09. The Morgan fingerprint density at radius 3 is 2.55 bits per heavy atom. The summed E-state index contributed by atoms with van der Waals surface area (Å²) in [6.45, 7) is 3.34. The molecule has 0 bridgehead atoms. The Bertz CT molecular complexity index is 599. The van der Waals surface area contributed by atoms with Crippen molar-refractivity contribution in [3.8, 4) is 11.5 Å². The van der Waals surface area contributed by atoms with Crippen molar-refractivity contribution in [1.82, 2.24) is 5.32 Å². The smallest absolute Gasteiger partial charge is 0.162 e. The summed E-state index contributed by atoms with van der Waals surface area (Å²) in [5.74, 6) is 0.527. The summed E-state index contributed by atoms with van der Waals surface area (Å²) in [5, 5.41) is 13.9. The van der Waals surface area contributed by atoms with Crippen molar-refractivity contribution < 1.29 is 9.84 Å². The molecule has 3 nitrogen and oxygen atoms in total. The van der Waals surface area contributed by atoms with Gasteiger partial charge in [0.25, 0.3) is 0 Å². The maximum atomic E-state index is 10.0. The molecule has 2 aromatic rings. The maximum absolute atomic E-state index is 10.0. The van der Waals surface area contributed by atoms with Gasteiger partial charge in [0.2, 0.25) is 0 Å². The molecule has 0 aliphatic rings. The summed E-state index contributed by atoms with van der Waals surface area (Å²) in [6, 6.07) is 11.5. The van der Waals surface area contributed by atoms with Crippen LogP contribution in [-0.4, -0.2) is 12.2 Å². The topological polar surface area (TPSA) is 41.5 Å². The van der Waals surface area contributed by atoms with Gasteiger partial charge in [0.15, 0.2) is 11.5 Å². The van der Waals surface area contributed by atoms with Crippen LogP contribution >= 0.6 is 11.6 Å². The fourth-order valence-electron chi connectivity index (χ4n) is 2.06. The van der Waals surface area contributed by atoms with Crippen LogP contribution in [0.3, 0.4) is 0 Å². The average Bonchev–Trinajstić information content (AvgIpc) is 2.44. The number of aromatic hydroxyl groups is 1. The number of benzene rings is 2. The third-order valence-electron chi connectivity index (χ3n) is 3.23. The number of nitrogens with one attached hydrogen (secondary N) is 1. The van der Waals surface area contributed by atoms with Crippen molar-refractivity contribution in [2.45, 2.75) is 20.0 Å². The van der Waals surface area contributed by atoms with Gasteiger partial charge < -0.3 is 15.2 Å². The standard InChI is InChI=1S/C16H18ClNO2/c1-11-5-3-4-6-12(11)9-18-10-13-7-14(17)8-15(20-2)16(13)19/h3-8,18-19H,9-10H2,1-2H3. The molecule has 106 valence electrons. The van der Waals surface area contributed by atoms with Crippen molar-refractivity contribution in [2.24, 2.45) is 0 Å². The van der Waals surface area contributed by atoms with E-state index in [1.807, 2.05) is 12.1 Å². The van der Waals surface area contributed by atoms with Gasteiger partial charge in [-0.15, -0.1) is 0 Å². The molecule has 2 rings (SSSR count). The summed E-state index contributed by atoms with van der Waals surface area (Å²) in [4.78, 5) is 0. The third kappa shape index (κ3) is 3.44. The predicted octanol–water partition coefficient (Wildman–Crippen LogP) is 3.65. The number of hydrogen-bond donors (Lipinski definition) is 2. The molecular formula is C16H18ClNO2. The van der Waals surface area contributed by atoms with Crippen LogP contribution in [0.15, 0.2) is 36.4 Å². The van der Waals surface area contributed by atoms with Gasteiger partial charge in [-0.2, -0.15) is 0 Å². The van der Waals surface area contributed by atoms with E-state index in [0.29, 0.717) is 17.3 Å². The van der Waals surface area contributed by atoms with E-state index in [2.05, 4.69) is 24.4 Å². The molecule has 2 N–H and O–H groups in total. The lowest BCUT2D eigenvalue weighted by Crippen LogP contribution is -2.13. The van der Waals surface area contributed by atoms with Crippen molar-refractivity contribution in [3.63, 3.8) is 0 Å². The Labute approximate surface area is 124 Å². The molecule has 0 aromatic heterocycles. The molecule has 0 spiro atoms. The van der Waals surface area contributed by atoms with Crippen LogP contribution in [-0.2, 0) is 13.1 Å². The maximum Gasteiger partial charge on any atom is 0.162 e. The van der Waals surface area contributed by atoms with Crippen molar-refractivity contribution in [3.05, 3.63) is 58.1 Å². The molecular weight excluding hydrogens is 274 g/mol. The number of ether oxygens (including phenoxy) is 1. The zero-order valence-corrected chi connectivity index (χ0v) is 12.4. The molecule has 0 fully saturated rings. The van der Waals surface area contributed by atoms with Gasteiger partial charge >= 0.3 is 0 Å². The number of methoxy groups -OCH3 is 1. The Morgan fingerprint density at radius 2 is 1.85 bits per heavy atom. The van der Waals surface area contributed by atoms with E-state index in [9.17, 15) is 5.11 Å². The first-order valence-corrected chi connectivity index (χ1v) is 6.80. The molecule has 0 amide bonds. The van der Waals surface area contributed by atoms with Gasteiger partial charge in [0, 0.05) is 29.7 Å². The first kappa shape index (κ1) is 14.7. The van der Waals surface area contributed by atoms with Gasteiger partial charge in [0.1, 0.15) is 0 Å². The summed E-state index contributed by atoms with van der Waals surface area (Å²) in [7, 11) is 1.51. The van der Waals surface area contributed by atoms with Crippen LogP contribution in [0.5, 0.6) is 11.5 Å². The first-order valence-electron chi connectivity index (χ1n) is 6.42. The van der Waals surface area contributed by atoms with Crippen LogP contribution in [0.4, 0.5) is 0 Å². The second kappa shape index (κ2) is 6.64. The fraction of sp³-hybridized carbons (Fsp3) is 0.250. The summed E-state index contributed by atoms with van der Waals surface area (Å²) < 4.78 is 5.09. The molecule has 0 saturated carbocycles. The van der Waals surface area contributed by atoms with Crippen LogP contribution < -0.4 is 10.1 Å². The SMILES string of the molecule is COc1cc(Cl)cc(CNCc2ccccc2C)c1O. The number of hydrogen-bond acceptors (Lipinski definition) is 3.